The fourth-order valence-electron chi connectivity index (χ4n) is 1.49. The van der Waals surface area contributed by atoms with Gasteiger partial charge in [-0.05, 0) is 24.3 Å². The Morgan fingerprint density at radius 2 is 1.55 bits per heavy atom. The van der Waals surface area contributed by atoms with Crippen LogP contribution in [0, 0.1) is 0 Å². The number of carbonyl (C=O) groups excluding carboxylic acids is 2. The number of primary amides is 1. The van der Waals surface area contributed by atoms with Gasteiger partial charge < -0.3 is 15.2 Å². The fourth-order valence-corrected chi connectivity index (χ4v) is 1.49. The Morgan fingerprint density at radius 1 is 0.900 bits per heavy atom. The van der Waals surface area contributed by atoms with E-state index in [2.05, 4.69) is 10.1 Å². The molecule has 2 amide bonds. The molecule has 0 spiro atoms. The summed E-state index contributed by atoms with van der Waals surface area (Å²) < 4.78 is 9.74. The van der Waals surface area contributed by atoms with Gasteiger partial charge >= 0.3 is 12.2 Å². The first-order valence-corrected chi connectivity index (χ1v) is 5.75. The van der Waals surface area contributed by atoms with E-state index >= 15 is 0 Å². The summed E-state index contributed by atoms with van der Waals surface area (Å²) in [6.07, 6.45) is -1.58. The average molecular weight is 272 g/mol. The molecule has 0 bridgehead atoms. The highest BCUT2D eigenvalue weighted by Crippen LogP contribution is 2.20. The number of rotatable bonds is 3. The Kier molecular flexibility index (Phi) is 4.18. The minimum absolute atomic E-state index is 0.197. The molecule has 0 fully saturated rings. The van der Waals surface area contributed by atoms with Crippen molar-refractivity contribution in [1.29, 1.82) is 0 Å². The lowest BCUT2D eigenvalue weighted by atomic mass is 10.3. The monoisotopic (exact) mass is 272 g/mol. The second kappa shape index (κ2) is 6.24. The predicted molar refractivity (Wildman–Crippen MR) is 72.7 cm³/mol. The summed E-state index contributed by atoms with van der Waals surface area (Å²) in [5.74, 6) is 0.430. The second-order valence-electron chi connectivity index (χ2n) is 3.78. The van der Waals surface area contributed by atoms with Gasteiger partial charge in [0, 0.05) is 11.8 Å². The van der Waals surface area contributed by atoms with E-state index in [4.69, 9.17) is 10.5 Å². The van der Waals surface area contributed by atoms with Gasteiger partial charge in [-0.2, -0.15) is 0 Å². The number of benzene rings is 2. The Morgan fingerprint density at radius 3 is 2.20 bits per heavy atom. The Bertz CT molecular complexity index is 614. The SMILES string of the molecule is NC(=O)Oc1cccc(OC(=O)Nc2ccccc2)c1. The van der Waals surface area contributed by atoms with Crippen LogP contribution < -0.4 is 20.5 Å². The van der Waals surface area contributed by atoms with E-state index in [-0.39, 0.29) is 11.5 Å². The third-order valence-electron chi connectivity index (χ3n) is 2.25. The van der Waals surface area contributed by atoms with E-state index in [9.17, 15) is 9.59 Å². The molecule has 102 valence electrons. The fraction of sp³-hybridized carbons (Fsp3) is 0. The molecule has 2 aromatic carbocycles. The molecule has 0 aliphatic rings. The van der Waals surface area contributed by atoms with E-state index in [0.717, 1.165) is 0 Å². The van der Waals surface area contributed by atoms with Crippen LogP contribution in [0.1, 0.15) is 0 Å². The van der Waals surface area contributed by atoms with Crippen molar-refractivity contribution in [2.24, 2.45) is 5.73 Å². The molecular formula is C14H12N2O4. The second-order valence-corrected chi connectivity index (χ2v) is 3.78. The number of anilines is 1. The average Bonchev–Trinajstić information content (AvgIpc) is 2.39. The van der Waals surface area contributed by atoms with Crippen LogP contribution in [-0.4, -0.2) is 12.2 Å². The highest BCUT2D eigenvalue weighted by Gasteiger charge is 2.06. The number of carbonyl (C=O) groups is 2. The lowest BCUT2D eigenvalue weighted by molar-refractivity contribution is 0.210. The Hall–Kier alpha value is -3.02. The summed E-state index contributed by atoms with van der Waals surface area (Å²) in [7, 11) is 0. The van der Waals surface area contributed by atoms with Crippen LogP contribution in [0.25, 0.3) is 0 Å². The molecule has 0 aromatic heterocycles. The molecule has 0 aliphatic carbocycles. The molecule has 0 heterocycles. The number of nitrogens with two attached hydrogens (primary N) is 1. The molecule has 6 heteroatoms. The number of ether oxygens (including phenoxy) is 2. The van der Waals surface area contributed by atoms with Crippen LogP contribution in [0.4, 0.5) is 15.3 Å². The number of amides is 2. The molecule has 2 rings (SSSR count). The summed E-state index contributed by atoms with van der Waals surface area (Å²) in [5.41, 5.74) is 5.51. The maximum absolute atomic E-state index is 11.6. The van der Waals surface area contributed by atoms with Crippen molar-refractivity contribution in [1.82, 2.24) is 0 Å². The zero-order chi connectivity index (χ0) is 14.4. The minimum atomic E-state index is -0.934. The maximum Gasteiger partial charge on any atom is 0.417 e. The lowest BCUT2D eigenvalue weighted by Crippen LogP contribution is -2.17. The molecular weight excluding hydrogens is 260 g/mol. The van der Waals surface area contributed by atoms with Gasteiger partial charge in [-0.3, -0.25) is 5.32 Å². The molecule has 0 saturated heterocycles. The molecule has 3 N–H and O–H groups in total. The van der Waals surface area contributed by atoms with Gasteiger partial charge in [0.2, 0.25) is 0 Å². The van der Waals surface area contributed by atoms with Crippen molar-refractivity contribution in [3.63, 3.8) is 0 Å². The molecule has 0 unspecified atom stereocenters. The predicted octanol–water partition coefficient (Wildman–Crippen LogP) is 2.76. The van der Waals surface area contributed by atoms with E-state index in [1.807, 2.05) is 6.07 Å². The first-order chi connectivity index (χ1) is 9.63. The smallest absolute Gasteiger partial charge is 0.410 e. The van der Waals surface area contributed by atoms with Crippen LogP contribution >= 0.6 is 0 Å². The standard InChI is InChI=1S/C14H12N2O4/c15-13(17)19-11-7-4-8-12(9-11)20-14(18)16-10-5-2-1-3-6-10/h1-9H,(H2,15,17)(H,16,18). The first-order valence-electron chi connectivity index (χ1n) is 5.75. The summed E-state index contributed by atoms with van der Waals surface area (Å²) in [6, 6.07) is 14.9. The van der Waals surface area contributed by atoms with Crippen LogP contribution in [0.5, 0.6) is 11.5 Å². The topological polar surface area (TPSA) is 90.7 Å². The van der Waals surface area contributed by atoms with E-state index < -0.39 is 12.2 Å². The molecule has 0 aliphatic heterocycles. The van der Waals surface area contributed by atoms with E-state index in [1.165, 1.54) is 12.1 Å². The summed E-state index contributed by atoms with van der Waals surface area (Å²) in [5, 5.41) is 2.56. The number of nitrogens with one attached hydrogen (secondary N) is 1. The van der Waals surface area contributed by atoms with Crippen molar-refractivity contribution in [2.45, 2.75) is 0 Å². The van der Waals surface area contributed by atoms with Crippen molar-refractivity contribution < 1.29 is 19.1 Å². The molecule has 0 radical (unpaired) electrons. The zero-order valence-electron chi connectivity index (χ0n) is 10.4. The van der Waals surface area contributed by atoms with Crippen molar-refractivity contribution >= 4 is 17.9 Å². The molecule has 2 aromatic rings. The van der Waals surface area contributed by atoms with Gasteiger partial charge in [-0.15, -0.1) is 0 Å². The summed E-state index contributed by atoms with van der Waals surface area (Å²) in [4.78, 5) is 22.3. The molecule has 6 nitrogen and oxygen atoms in total. The normalized spacial score (nSPS) is 9.60. The van der Waals surface area contributed by atoms with Gasteiger partial charge in [-0.1, -0.05) is 24.3 Å². The minimum Gasteiger partial charge on any atom is -0.410 e. The quantitative estimate of drug-likeness (QED) is 0.898. The molecule has 20 heavy (non-hydrogen) atoms. The molecule has 0 saturated carbocycles. The number of hydrogen-bond donors (Lipinski definition) is 2. The van der Waals surface area contributed by atoms with Crippen LogP contribution in [0.3, 0.4) is 0 Å². The largest absolute Gasteiger partial charge is 0.417 e. The van der Waals surface area contributed by atoms with Gasteiger partial charge in [0.25, 0.3) is 0 Å². The molecule has 0 atom stereocenters. The third-order valence-corrected chi connectivity index (χ3v) is 2.25. The third kappa shape index (κ3) is 4.02. The van der Waals surface area contributed by atoms with E-state index in [1.54, 1.807) is 36.4 Å². The lowest BCUT2D eigenvalue weighted by Gasteiger charge is -2.07. The number of para-hydroxylation sites is 1. The summed E-state index contributed by atoms with van der Waals surface area (Å²) >= 11 is 0. The summed E-state index contributed by atoms with van der Waals surface area (Å²) in [6.45, 7) is 0. The van der Waals surface area contributed by atoms with Crippen LogP contribution in [0.2, 0.25) is 0 Å². The van der Waals surface area contributed by atoms with E-state index in [0.29, 0.717) is 5.69 Å². The highest BCUT2D eigenvalue weighted by molar-refractivity contribution is 5.86. The van der Waals surface area contributed by atoms with Crippen LogP contribution in [-0.2, 0) is 0 Å². The van der Waals surface area contributed by atoms with Crippen molar-refractivity contribution in [2.75, 3.05) is 5.32 Å². The number of hydrogen-bond acceptors (Lipinski definition) is 4. The Labute approximate surface area is 115 Å². The van der Waals surface area contributed by atoms with Gasteiger partial charge in [0.1, 0.15) is 11.5 Å². The van der Waals surface area contributed by atoms with Gasteiger partial charge in [0.05, 0.1) is 0 Å². The highest BCUT2D eigenvalue weighted by atomic mass is 16.6. The van der Waals surface area contributed by atoms with Gasteiger partial charge in [0.15, 0.2) is 0 Å². The van der Waals surface area contributed by atoms with Crippen molar-refractivity contribution in [3.8, 4) is 11.5 Å². The first kappa shape index (κ1) is 13.4. The van der Waals surface area contributed by atoms with Crippen molar-refractivity contribution in [3.05, 3.63) is 54.6 Å². The van der Waals surface area contributed by atoms with Gasteiger partial charge in [-0.25, -0.2) is 9.59 Å². The maximum atomic E-state index is 11.6. The Balaban J connectivity index is 1.99. The van der Waals surface area contributed by atoms with Crippen LogP contribution in [0.15, 0.2) is 54.6 Å². The zero-order valence-corrected chi connectivity index (χ0v) is 10.4.